The van der Waals surface area contributed by atoms with Crippen LogP contribution in [-0.4, -0.2) is 32.1 Å². The number of nitrogens with one attached hydrogen (secondary N) is 2. The van der Waals surface area contributed by atoms with Crippen LogP contribution < -0.4 is 20.1 Å². The SMILES string of the molecule is COc1ccc(CC(=O)Nc2ccc(C(=O)NC3CC3)cc2)c(OC)c1. The molecule has 1 saturated carbocycles. The molecule has 2 aromatic carbocycles. The van der Waals surface area contributed by atoms with Crippen LogP contribution in [-0.2, 0) is 11.2 Å². The first-order valence-corrected chi connectivity index (χ1v) is 8.50. The van der Waals surface area contributed by atoms with E-state index in [0.717, 1.165) is 18.4 Å². The molecule has 0 atom stereocenters. The lowest BCUT2D eigenvalue weighted by molar-refractivity contribution is -0.115. The number of ether oxygens (including phenoxy) is 2. The first kappa shape index (κ1) is 17.8. The molecular weight excluding hydrogens is 332 g/mol. The van der Waals surface area contributed by atoms with E-state index in [2.05, 4.69) is 10.6 Å². The highest BCUT2D eigenvalue weighted by Gasteiger charge is 2.23. The highest BCUT2D eigenvalue weighted by Crippen LogP contribution is 2.25. The predicted molar refractivity (Wildman–Crippen MR) is 98.8 cm³/mol. The summed E-state index contributed by atoms with van der Waals surface area (Å²) in [5.74, 6) is 1.04. The lowest BCUT2D eigenvalue weighted by atomic mass is 10.1. The Bertz CT molecular complexity index is 798. The Kier molecular flexibility index (Phi) is 5.41. The van der Waals surface area contributed by atoms with E-state index in [1.165, 1.54) is 0 Å². The summed E-state index contributed by atoms with van der Waals surface area (Å²) in [7, 11) is 3.14. The van der Waals surface area contributed by atoms with E-state index in [0.29, 0.717) is 28.8 Å². The maximum atomic E-state index is 12.3. The molecule has 1 aliphatic rings. The molecule has 0 unspecified atom stereocenters. The van der Waals surface area contributed by atoms with Crippen molar-refractivity contribution >= 4 is 17.5 Å². The summed E-state index contributed by atoms with van der Waals surface area (Å²) in [6, 6.07) is 12.5. The van der Waals surface area contributed by atoms with Gasteiger partial charge in [-0.1, -0.05) is 6.07 Å². The zero-order valence-corrected chi connectivity index (χ0v) is 14.9. The van der Waals surface area contributed by atoms with Gasteiger partial charge in [-0.15, -0.1) is 0 Å². The molecule has 0 aliphatic heterocycles. The number of carbonyl (C=O) groups excluding carboxylic acids is 2. The van der Waals surface area contributed by atoms with Gasteiger partial charge in [0.15, 0.2) is 0 Å². The highest BCUT2D eigenvalue weighted by molar-refractivity contribution is 5.96. The monoisotopic (exact) mass is 354 g/mol. The van der Waals surface area contributed by atoms with Gasteiger partial charge in [-0.2, -0.15) is 0 Å². The molecule has 0 heterocycles. The van der Waals surface area contributed by atoms with Crippen LogP contribution in [0.1, 0.15) is 28.8 Å². The molecule has 0 bridgehead atoms. The van der Waals surface area contributed by atoms with E-state index in [4.69, 9.17) is 9.47 Å². The van der Waals surface area contributed by atoms with Crippen molar-refractivity contribution in [1.82, 2.24) is 5.32 Å². The van der Waals surface area contributed by atoms with Crippen molar-refractivity contribution < 1.29 is 19.1 Å². The number of carbonyl (C=O) groups is 2. The molecule has 0 spiro atoms. The van der Waals surface area contributed by atoms with Crippen LogP contribution in [0.3, 0.4) is 0 Å². The average Bonchev–Trinajstić information content (AvgIpc) is 3.46. The van der Waals surface area contributed by atoms with E-state index >= 15 is 0 Å². The number of hydrogen-bond donors (Lipinski definition) is 2. The minimum atomic E-state index is -0.163. The Morgan fingerprint density at radius 1 is 1.04 bits per heavy atom. The van der Waals surface area contributed by atoms with Crippen molar-refractivity contribution in [2.75, 3.05) is 19.5 Å². The zero-order chi connectivity index (χ0) is 18.5. The molecule has 3 rings (SSSR count). The standard InChI is InChI=1S/C20H22N2O4/c1-25-17-10-5-14(18(12-17)26-2)11-19(23)21-15-6-3-13(4-7-15)20(24)22-16-8-9-16/h3-7,10,12,16H,8-9,11H2,1-2H3,(H,21,23)(H,22,24). The smallest absolute Gasteiger partial charge is 0.251 e. The quantitative estimate of drug-likeness (QED) is 0.802. The third-order valence-electron chi connectivity index (χ3n) is 4.19. The van der Waals surface area contributed by atoms with Crippen molar-refractivity contribution in [3.63, 3.8) is 0 Å². The summed E-state index contributed by atoms with van der Waals surface area (Å²) in [4.78, 5) is 24.3. The summed E-state index contributed by atoms with van der Waals surface area (Å²) in [6.45, 7) is 0. The molecule has 2 amide bonds. The topological polar surface area (TPSA) is 76.7 Å². The Morgan fingerprint density at radius 3 is 2.38 bits per heavy atom. The second kappa shape index (κ2) is 7.91. The van der Waals surface area contributed by atoms with E-state index < -0.39 is 0 Å². The minimum Gasteiger partial charge on any atom is -0.497 e. The maximum absolute atomic E-state index is 12.3. The van der Waals surface area contributed by atoms with Crippen LogP contribution in [0.25, 0.3) is 0 Å². The van der Waals surface area contributed by atoms with Crippen LogP contribution in [0.4, 0.5) is 5.69 Å². The first-order chi connectivity index (χ1) is 12.6. The number of benzene rings is 2. The molecule has 2 aromatic rings. The fourth-order valence-corrected chi connectivity index (χ4v) is 2.58. The van der Waals surface area contributed by atoms with Gasteiger partial charge in [-0.05, 0) is 43.2 Å². The molecular formula is C20H22N2O4. The molecule has 0 saturated heterocycles. The van der Waals surface area contributed by atoms with E-state index in [1.807, 2.05) is 6.07 Å². The van der Waals surface area contributed by atoms with Gasteiger partial charge in [0.1, 0.15) is 11.5 Å². The van der Waals surface area contributed by atoms with Crippen LogP contribution in [0.5, 0.6) is 11.5 Å². The Morgan fingerprint density at radius 2 is 1.77 bits per heavy atom. The van der Waals surface area contributed by atoms with Crippen LogP contribution in [0.15, 0.2) is 42.5 Å². The Labute approximate surface area is 152 Å². The van der Waals surface area contributed by atoms with E-state index in [-0.39, 0.29) is 18.2 Å². The lowest BCUT2D eigenvalue weighted by Crippen LogP contribution is -2.25. The fourth-order valence-electron chi connectivity index (χ4n) is 2.58. The summed E-state index contributed by atoms with van der Waals surface area (Å²) < 4.78 is 10.5. The second-order valence-electron chi connectivity index (χ2n) is 6.23. The van der Waals surface area contributed by atoms with Crippen molar-refractivity contribution in [1.29, 1.82) is 0 Å². The van der Waals surface area contributed by atoms with Gasteiger partial charge < -0.3 is 20.1 Å². The van der Waals surface area contributed by atoms with Crippen LogP contribution in [0, 0.1) is 0 Å². The van der Waals surface area contributed by atoms with Crippen molar-refractivity contribution in [3.05, 3.63) is 53.6 Å². The van der Waals surface area contributed by atoms with E-state index in [9.17, 15) is 9.59 Å². The van der Waals surface area contributed by atoms with Crippen LogP contribution >= 0.6 is 0 Å². The van der Waals surface area contributed by atoms with E-state index in [1.54, 1.807) is 50.6 Å². The number of methoxy groups -OCH3 is 2. The predicted octanol–water partition coefficient (Wildman–Crippen LogP) is 2.78. The molecule has 0 radical (unpaired) electrons. The average molecular weight is 354 g/mol. The zero-order valence-electron chi connectivity index (χ0n) is 14.9. The number of anilines is 1. The van der Waals surface area contributed by atoms with Gasteiger partial charge in [0.25, 0.3) is 5.91 Å². The van der Waals surface area contributed by atoms with Gasteiger partial charge in [0, 0.05) is 28.9 Å². The van der Waals surface area contributed by atoms with Crippen molar-refractivity contribution in [3.8, 4) is 11.5 Å². The summed E-state index contributed by atoms with van der Waals surface area (Å²) in [5, 5.41) is 5.77. The van der Waals surface area contributed by atoms with Crippen LogP contribution in [0.2, 0.25) is 0 Å². The molecule has 1 fully saturated rings. The third-order valence-corrected chi connectivity index (χ3v) is 4.19. The minimum absolute atomic E-state index is 0.0756. The normalized spacial score (nSPS) is 13.0. The Hall–Kier alpha value is -3.02. The molecule has 6 heteroatoms. The lowest BCUT2D eigenvalue weighted by Gasteiger charge is -2.11. The fraction of sp³-hybridized carbons (Fsp3) is 0.300. The van der Waals surface area contributed by atoms with Gasteiger partial charge >= 0.3 is 0 Å². The number of hydrogen-bond acceptors (Lipinski definition) is 4. The number of amides is 2. The first-order valence-electron chi connectivity index (χ1n) is 8.50. The largest absolute Gasteiger partial charge is 0.497 e. The van der Waals surface area contributed by atoms with Gasteiger partial charge in [0.05, 0.1) is 20.6 Å². The molecule has 0 aromatic heterocycles. The highest BCUT2D eigenvalue weighted by atomic mass is 16.5. The maximum Gasteiger partial charge on any atom is 0.251 e. The summed E-state index contributed by atoms with van der Waals surface area (Å²) in [5.41, 5.74) is 2.00. The summed E-state index contributed by atoms with van der Waals surface area (Å²) >= 11 is 0. The molecule has 2 N–H and O–H groups in total. The van der Waals surface area contributed by atoms with Gasteiger partial charge in [-0.25, -0.2) is 0 Å². The van der Waals surface area contributed by atoms with Crippen molar-refractivity contribution in [2.24, 2.45) is 0 Å². The van der Waals surface area contributed by atoms with Crippen molar-refractivity contribution in [2.45, 2.75) is 25.3 Å². The number of rotatable bonds is 7. The molecule has 1 aliphatic carbocycles. The molecule has 26 heavy (non-hydrogen) atoms. The second-order valence-corrected chi connectivity index (χ2v) is 6.23. The molecule has 6 nitrogen and oxygen atoms in total. The van der Waals surface area contributed by atoms with Gasteiger partial charge in [0.2, 0.25) is 5.91 Å². The van der Waals surface area contributed by atoms with Gasteiger partial charge in [-0.3, -0.25) is 9.59 Å². The molecule has 136 valence electrons. The third kappa shape index (κ3) is 4.53. The Balaban J connectivity index is 1.60. The summed E-state index contributed by atoms with van der Waals surface area (Å²) in [6.07, 6.45) is 2.28.